The van der Waals surface area contributed by atoms with E-state index < -0.39 is 9.84 Å². The van der Waals surface area contributed by atoms with Crippen molar-refractivity contribution in [3.8, 4) is 0 Å². The van der Waals surface area contributed by atoms with E-state index in [1.165, 1.54) is 11.0 Å². The molecule has 1 aromatic carbocycles. The number of amides is 1. The number of benzene rings is 1. The maximum Gasteiger partial charge on any atom is 0.241 e. The Morgan fingerprint density at radius 3 is 2.86 bits per heavy atom. The van der Waals surface area contributed by atoms with Gasteiger partial charge in [0.15, 0.2) is 9.84 Å². The van der Waals surface area contributed by atoms with E-state index in [2.05, 4.69) is 5.32 Å². The lowest BCUT2D eigenvalue weighted by Crippen LogP contribution is -2.44. The van der Waals surface area contributed by atoms with E-state index in [0.29, 0.717) is 0 Å². The second-order valence-corrected chi connectivity index (χ2v) is 7.52. The van der Waals surface area contributed by atoms with Gasteiger partial charge in [-0.25, -0.2) is 8.42 Å². The zero-order chi connectivity index (χ0) is 15.0. The van der Waals surface area contributed by atoms with Gasteiger partial charge in [0.25, 0.3) is 0 Å². The summed E-state index contributed by atoms with van der Waals surface area (Å²) in [5.41, 5.74) is 2.15. The Hall–Kier alpha value is -1.66. The minimum atomic E-state index is -3.09. The minimum Gasteiger partial charge on any atom is -0.308 e. The highest BCUT2D eigenvalue weighted by Crippen LogP contribution is 2.31. The molecule has 1 amide bonds. The van der Waals surface area contributed by atoms with Crippen LogP contribution < -0.4 is 10.2 Å². The molecule has 2 aliphatic heterocycles. The highest BCUT2D eigenvalue weighted by atomic mass is 32.2. The quantitative estimate of drug-likeness (QED) is 0.899. The van der Waals surface area contributed by atoms with E-state index in [1.54, 1.807) is 11.0 Å². The molecule has 1 N–H and O–H groups in total. The summed E-state index contributed by atoms with van der Waals surface area (Å²) >= 11 is 0. The summed E-state index contributed by atoms with van der Waals surface area (Å²) in [5, 5.41) is 4.22. The second-order valence-electron chi connectivity index (χ2n) is 5.59. The Balaban J connectivity index is 1.65. The molecule has 2 atom stereocenters. The maximum atomic E-state index is 12.4. The molecule has 2 aliphatic rings. The van der Waals surface area contributed by atoms with Gasteiger partial charge >= 0.3 is 0 Å². The zero-order valence-corrected chi connectivity index (χ0v) is 12.6. The number of nitrogens with zero attached hydrogens (tertiary/aromatic N) is 1. The molecule has 0 aliphatic carbocycles. The lowest BCUT2D eigenvalue weighted by molar-refractivity contribution is -0.118. The molecule has 2 unspecified atom stereocenters. The number of hydrogen-bond acceptors (Lipinski definition) is 4. The van der Waals surface area contributed by atoms with Crippen molar-refractivity contribution in [1.29, 1.82) is 0 Å². The maximum absolute atomic E-state index is 12.4. The largest absolute Gasteiger partial charge is 0.308 e. The molecule has 0 bridgehead atoms. The van der Waals surface area contributed by atoms with E-state index in [0.717, 1.165) is 12.1 Å². The molecular weight excluding hydrogens is 288 g/mol. The minimum absolute atomic E-state index is 0.0230. The number of carbonyl (C=O) groups is 1. The normalized spacial score (nSPS) is 26.0. The number of rotatable bonds is 3. The van der Waals surface area contributed by atoms with Gasteiger partial charge in [-0.3, -0.25) is 4.79 Å². The second kappa shape index (κ2) is 5.27. The Morgan fingerprint density at radius 2 is 2.14 bits per heavy atom. The van der Waals surface area contributed by atoms with Crippen LogP contribution in [0.3, 0.4) is 0 Å². The first-order chi connectivity index (χ1) is 9.96. The summed E-state index contributed by atoms with van der Waals surface area (Å²) < 4.78 is 22.7. The smallest absolute Gasteiger partial charge is 0.241 e. The molecule has 0 saturated heterocycles. The van der Waals surface area contributed by atoms with Crippen molar-refractivity contribution in [2.24, 2.45) is 0 Å². The van der Waals surface area contributed by atoms with E-state index >= 15 is 0 Å². The summed E-state index contributed by atoms with van der Waals surface area (Å²) in [6.45, 7) is 2.17. The van der Waals surface area contributed by atoms with Gasteiger partial charge in [0.05, 0.1) is 12.3 Å². The number of carbonyl (C=O) groups excluding carboxylic acids is 1. The van der Waals surface area contributed by atoms with Crippen molar-refractivity contribution in [2.75, 3.05) is 17.2 Å². The van der Waals surface area contributed by atoms with E-state index in [1.807, 2.05) is 31.2 Å². The summed E-state index contributed by atoms with van der Waals surface area (Å²) in [6.07, 6.45) is 2.46. The molecule has 0 spiro atoms. The van der Waals surface area contributed by atoms with Crippen LogP contribution in [0.4, 0.5) is 5.69 Å². The van der Waals surface area contributed by atoms with Gasteiger partial charge in [-0.05, 0) is 25.0 Å². The average Bonchev–Trinajstić information content (AvgIpc) is 2.94. The topological polar surface area (TPSA) is 66.5 Å². The number of sulfone groups is 1. The van der Waals surface area contributed by atoms with Crippen molar-refractivity contribution in [3.63, 3.8) is 0 Å². The van der Waals surface area contributed by atoms with Crippen molar-refractivity contribution < 1.29 is 13.2 Å². The Bertz CT molecular complexity index is 697. The number of hydrogen-bond donors (Lipinski definition) is 1. The monoisotopic (exact) mass is 306 g/mol. The first-order valence-corrected chi connectivity index (χ1v) is 8.72. The van der Waals surface area contributed by atoms with Crippen LogP contribution in [0.1, 0.15) is 12.5 Å². The Labute approximate surface area is 124 Å². The number of anilines is 1. The lowest BCUT2D eigenvalue weighted by atomic mass is 10.1. The highest BCUT2D eigenvalue weighted by Gasteiger charge is 2.31. The predicted molar refractivity (Wildman–Crippen MR) is 81.8 cm³/mol. The fourth-order valence-electron chi connectivity index (χ4n) is 2.95. The predicted octanol–water partition coefficient (Wildman–Crippen LogP) is 0.865. The third-order valence-corrected chi connectivity index (χ3v) is 5.32. The van der Waals surface area contributed by atoms with E-state index in [9.17, 15) is 13.2 Å². The number of nitrogens with one attached hydrogen (secondary N) is 1. The van der Waals surface area contributed by atoms with Gasteiger partial charge < -0.3 is 10.2 Å². The van der Waals surface area contributed by atoms with Crippen LogP contribution in [0, 0.1) is 0 Å². The first kappa shape index (κ1) is 14.3. The van der Waals surface area contributed by atoms with Crippen LogP contribution in [0.25, 0.3) is 0 Å². The van der Waals surface area contributed by atoms with Gasteiger partial charge in [-0.2, -0.15) is 0 Å². The van der Waals surface area contributed by atoms with Crippen molar-refractivity contribution in [1.82, 2.24) is 5.32 Å². The molecule has 6 heteroatoms. The van der Waals surface area contributed by atoms with Crippen LogP contribution in [0.5, 0.6) is 0 Å². The molecule has 112 valence electrons. The fourth-order valence-corrected chi connectivity index (χ4v) is 4.22. The molecule has 0 aromatic heterocycles. The standard InChI is InChI=1S/C15H18N2O3S/c1-11-8-12-4-2-3-5-14(12)17(11)15(18)9-16-13-6-7-21(19,20)10-13/h2-7,11,13,16H,8-10H2,1H3. The molecule has 2 heterocycles. The third-order valence-electron chi connectivity index (χ3n) is 3.92. The van der Waals surface area contributed by atoms with E-state index in [4.69, 9.17) is 0 Å². The summed E-state index contributed by atoms with van der Waals surface area (Å²) in [4.78, 5) is 14.2. The summed E-state index contributed by atoms with van der Waals surface area (Å²) in [6, 6.07) is 7.77. The number of fused-ring (bicyclic) bond motifs is 1. The van der Waals surface area contributed by atoms with Gasteiger partial charge in [-0.1, -0.05) is 24.3 Å². The van der Waals surface area contributed by atoms with Crippen LogP contribution >= 0.6 is 0 Å². The molecule has 21 heavy (non-hydrogen) atoms. The van der Waals surface area contributed by atoms with Gasteiger partial charge in [0.1, 0.15) is 0 Å². The van der Waals surface area contributed by atoms with Crippen LogP contribution in [-0.4, -0.2) is 38.7 Å². The first-order valence-electron chi connectivity index (χ1n) is 7.00. The van der Waals surface area contributed by atoms with Crippen molar-refractivity contribution in [2.45, 2.75) is 25.4 Å². The Morgan fingerprint density at radius 1 is 1.38 bits per heavy atom. The lowest BCUT2D eigenvalue weighted by Gasteiger charge is -2.23. The van der Waals surface area contributed by atoms with Crippen LogP contribution in [0.2, 0.25) is 0 Å². The molecule has 0 radical (unpaired) electrons. The Kier molecular flexibility index (Phi) is 3.59. The van der Waals surface area contributed by atoms with E-state index in [-0.39, 0.29) is 30.3 Å². The fraction of sp³-hybridized carbons (Fsp3) is 0.400. The van der Waals surface area contributed by atoms with Gasteiger partial charge in [-0.15, -0.1) is 0 Å². The molecule has 0 saturated carbocycles. The van der Waals surface area contributed by atoms with Crippen LogP contribution in [-0.2, 0) is 21.1 Å². The summed E-state index contributed by atoms with van der Waals surface area (Å²) in [7, 11) is -3.09. The highest BCUT2D eigenvalue weighted by molar-refractivity contribution is 7.94. The SMILES string of the molecule is CC1Cc2ccccc2N1C(=O)CNC1C=CS(=O)(=O)C1. The number of para-hydroxylation sites is 1. The average molecular weight is 306 g/mol. The molecule has 0 fully saturated rings. The molecule has 3 rings (SSSR count). The van der Waals surface area contributed by atoms with Gasteiger partial charge in [0.2, 0.25) is 5.91 Å². The van der Waals surface area contributed by atoms with Crippen molar-refractivity contribution in [3.05, 3.63) is 41.3 Å². The molecular formula is C15H18N2O3S. The van der Waals surface area contributed by atoms with Crippen LogP contribution in [0.15, 0.2) is 35.7 Å². The zero-order valence-electron chi connectivity index (χ0n) is 11.8. The molecule has 1 aromatic rings. The third kappa shape index (κ3) is 2.87. The van der Waals surface area contributed by atoms with Crippen molar-refractivity contribution >= 4 is 21.4 Å². The molecule has 5 nitrogen and oxygen atoms in total. The summed E-state index contributed by atoms with van der Waals surface area (Å²) in [5.74, 6) is 0.0111. The van der Waals surface area contributed by atoms with Gasteiger partial charge in [0, 0.05) is 23.2 Å².